The zero-order valence-electron chi connectivity index (χ0n) is 13.4. The van der Waals surface area contributed by atoms with Crippen molar-refractivity contribution in [3.63, 3.8) is 0 Å². The van der Waals surface area contributed by atoms with Crippen LogP contribution in [-0.2, 0) is 23.0 Å². The summed E-state index contributed by atoms with van der Waals surface area (Å²) in [4.78, 5) is -2.04. The van der Waals surface area contributed by atoms with E-state index >= 15 is 0 Å². The highest BCUT2D eigenvalue weighted by Crippen LogP contribution is 2.45. The Morgan fingerprint density at radius 1 is 0.833 bits per heavy atom. The minimum absolute atomic E-state index is 0.000434. The molecular formula is C19H22O4S. The summed E-state index contributed by atoms with van der Waals surface area (Å²) in [5.74, 6) is -0.000868. The van der Waals surface area contributed by atoms with Crippen LogP contribution in [0.3, 0.4) is 0 Å². The Labute approximate surface area is 142 Å². The molecule has 2 aromatic carbocycles. The average Bonchev–Trinajstić information content (AvgIpc) is 2.86. The molecule has 0 spiro atoms. The molecule has 0 saturated heterocycles. The van der Waals surface area contributed by atoms with Crippen LogP contribution < -0.4 is 0 Å². The predicted molar refractivity (Wildman–Crippen MR) is 93.0 cm³/mol. The first-order valence-corrected chi connectivity index (χ1v) is 9.59. The highest BCUT2D eigenvalue weighted by Gasteiger charge is 2.51. The third-order valence-electron chi connectivity index (χ3n) is 4.99. The van der Waals surface area contributed by atoms with Crippen molar-refractivity contribution in [2.75, 3.05) is 0 Å². The fourth-order valence-electron chi connectivity index (χ4n) is 3.76. The molecule has 0 aliphatic heterocycles. The minimum Gasteiger partial charge on any atom is -0.372 e. The van der Waals surface area contributed by atoms with Crippen molar-refractivity contribution in [3.05, 3.63) is 71.8 Å². The second-order valence-electron chi connectivity index (χ2n) is 6.73. The van der Waals surface area contributed by atoms with Gasteiger partial charge in [-0.3, -0.25) is 4.55 Å². The molecule has 3 rings (SSSR count). The summed E-state index contributed by atoms with van der Waals surface area (Å²) in [6.07, 6.45) is 1.52. The summed E-state index contributed by atoms with van der Waals surface area (Å²) >= 11 is 0. The fraction of sp³-hybridized carbons (Fsp3) is 0.368. The fourth-order valence-corrected chi connectivity index (χ4v) is 4.61. The van der Waals surface area contributed by atoms with Crippen LogP contribution >= 0.6 is 0 Å². The van der Waals surface area contributed by atoms with Crippen molar-refractivity contribution < 1.29 is 18.1 Å². The van der Waals surface area contributed by atoms with E-state index in [0.29, 0.717) is 12.8 Å². The van der Waals surface area contributed by atoms with E-state index < -0.39 is 15.1 Å². The number of benzene rings is 2. The van der Waals surface area contributed by atoms with E-state index in [0.717, 1.165) is 11.1 Å². The quantitative estimate of drug-likeness (QED) is 0.816. The van der Waals surface area contributed by atoms with Gasteiger partial charge in [0.05, 0.1) is 0 Å². The van der Waals surface area contributed by atoms with E-state index in [1.165, 1.54) is 0 Å². The van der Waals surface area contributed by atoms with Gasteiger partial charge in [-0.1, -0.05) is 60.7 Å². The summed E-state index contributed by atoms with van der Waals surface area (Å²) < 4.78 is 32.8. The lowest BCUT2D eigenvalue weighted by Gasteiger charge is -2.19. The van der Waals surface area contributed by atoms with Crippen LogP contribution in [0.4, 0.5) is 0 Å². The van der Waals surface area contributed by atoms with Gasteiger partial charge in [0.1, 0.15) is 0 Å². The Balaban J connectivity index is 1.84. The lowest BCUT2D eigenvalue weighted by atomic mass is 9.85. The van der Waals surface area contributed by atoms with Crippen molar-refractivity contribution in [3.8, 4) is 0 Å². The number of aliphatic hydroxyl groups is 1. The number of hydrogen-bond donors (Lipinski definition) is 2. The van der Waals surface area contributed by atoms with E-state index in [4.69, 9.17) is 0 Å². The topological polar surface area (TPSA) is 74.6 Å². The van der Waals surface area contributed by atoms with Crippen LogP contribution in [0.25, 0.3) is 0 Å². The van der Waals surface area contributed by atoms with Crippen molar-refractivity contribution >= 4 is 10.1 Å². The van der Waals surface area contributed by atoms with Gasteiger partial charge in [-0.25, -0.2) is 0 Å². The van der Waals surface area contributed by atoms with E-state index in [2.05, 4.69) is 0 Å². The Hall–Kier alpha value is -1.69. The monoisotopic (exact) mass is 346 g/mol. The van der Waals surface area contributed by atoms with Crippen molar-refractivity contribution in [2.45, 2.75) is 30.6 Å². The molecule has 0 unspecified atom stereocenters. The van der Waals surface area contributed by atoms with Crippen molar-refractivity contribution in [2.24, 2.45) is 11.8 Å². The molecule has 0 radical (unpaired) electrons. The highest BCUT2D eigenvalue weighted by atomic mass is 32.2. The van der Waals surface area contributed by atoms with E-state index in [1.54, 1.807) is 0 Å². The van der Waals surface area contributed by atoms with Crippen LogP contribution in [0.15, 0.2) is 60.7 Å². The molecule has 0 heterocycles. The largest absolute Gasteiger partial charge is 0.372 e. The second kappa shape index (κ2) is 6.67. The third kappa shape index (κ3) is 3.69. The number of rotatable bonds is 5. The lowest BCUT2D eigenvalue weighted by Crippen LogP contribution is -2.35. The zero-order chi connectivity index (χ0) is 17.2. The Kier molecular flexibility index (Phi) is 4.76. The molecule has 128 valence electrons. The Morgan fingerprint density at radius 2 is 1.21 bits per heavy atom. The van der Waals surface area contributed by atoms with E-state index in [1.807, 2.05) is 60.7 Å². The number of hydrogen-bond acceptors (Lipinski definition) is 3. The SMILES string of the molecule is O=S(=O)(O)C1(O)C[C@H](Cc2ccccc2)[C@@H](Cc2ccccc2)C1. The first kappa shape index (κ1) is 17.1. The lowest BCUT2D eigenvalue weighted by molar-refractivity contribution is 0.113. The Bertz CT molecular complexity index is 722. The molecular weight excluding hydrogens is 324 g/mol. The Morgan fingerprint density at radius 3 is 1.54 bits per heavy atom. The highest BCUT2D eigenvalue weighted by molar-refractivity contribution is 7.87. The molecule has 1 aliphatic rings. The maximum atomic E-state index is 11.7. The summed E-state index contributed by atoms with van der Waals surface area (Å²) in [6.45, 7) is 0. The van der Waals surface area contributed by atoms with Gasteiger partial charge < -0.3 is 5.11 Å². The smallest absolute Gasteiger partial charge is 0.294 e. The van der Waals surface area contributed by atoms with Gasteiger partial charge in [0, 0.05) is 0 Å². The van der Waals surface area contributed by atoms with Gasteiger partial charge in [-0.2, -0.15) is 8.42 Å². The predicted octanol–water partition coefficient (Wildman–Crippen LogP) is 3.07. The van der Waals surface area contributed by atoms with Gasteiger partial charge in [0.25, 0.3) is 10.1 Å². The van der Waals surface area contributed by atoms with Gasteiger partial charge in [0.15, 0.2) is 4.93 Å². The molecule has 0 aromatic heterocycles. The van der Waals surface area contributed by atoms with Crippen LogP contribution in [0.5, 0.6) is 0 Å². The molecule has 2 N–H and O–H groups in total. The molecule has 1 fully saturated rings. The molecule has 1 saturated carbocycles. The van der Waals surface area contributed by atoms with Gasteiger partial charge >= 0.3 is 0 Å². The molecule has 2 aromatic rings. The third-order valence-corrected chi connectivity index (χ3v) is 6.28. The summed E-state index contributed by atoms with van der Waals surface area (Å²) in [5, 5.41) is 10.5. The van der Waals surface area contributed by atoms with Gasteiger partial charge in [-0.15, -0.1) is 0 Å². The summed E-state index contributed by atoms with van der Waals surface area (Å²) in [6, 6.07) is 19.7. The van der Waals surface area contributed by atoms with Crippen LogP contribution in [-0.4, -0.2) is 23.0 Å². The average molecular weight is 346 g/mol. The first-order valence-electron chi connectivity index (χ1n) is 8.15. The van der Waals surface area contributed by atoms with Crippen LogP contribution in [0, 0.1) is 11.8 Å². The molecule has 2 atom stereocenters. The van der Waals surface area contributed by atoms with Gasteiger partial charge in [0.2, 0.25) is 0 Å². The van der Waals surface area contributed by atoms with E-state index in [9.17, 15) is 18.1 Å². The normalized spacial score (nSPS) is 23.2. The second-order valence-corrected chi connectivity index (χ2v) is 8.44. The van der Waals surface area contributed by atoms with E-state index in [-0.39, 0.29) is 24.7 Å². The molecule has 5 heteroatoms. The summed E-state index contributed by atoms with van der Waals surface area (Å²) in [7, 11) is -4.50. The van der Waals surface area contributed by atoms with Crippen molar-refractivity contribution in [1.29, 1.82) is 0 Å². The van der Waals surface area contributed by atoms with Crippen LogP contribution in [0.2, 0.25) is 0 Å². The first-order chi connectivity index (χ1) is 11.4. The molecule has 24 heavy (non-hydrogen) atoms. The minimum atomic E-state index is -4.50. The molecule has 0 amide bonds. The summed E-state index contributed by atoms with van der Waals surface area (Å²) in [5.41, 5.74) is 2.22. The molecule has 1 aliphatic carbocycles. The molecule has 0 bridgehead atoms. The van der Waals surface area contributed by atoms with Gasteiger partial charge in [-0.05, 0) is 48.6 Å². The standard InChI is InChI=1S/C19H22O4S/c20-19(24(21,22)23)13-17(11-15-7-3-1-4-8-15)18(14-19)12-16-9-5-2-6-10-16/h1-10,17-18,20H,11-14H2,(H,21,22,23)/t17-,18-/m0/s1. The molecule has 4 nitrogen and oxygen atoms in total. The van der Waals surface area contributed by atoms with Crippen molar-refractivity contribution in [1.82, 2.24) is 0 Å². The maximum absolute atomic E-state index is 11.7. The maximum Gasteiger partial charge on any atom is 0.294 e. The van der Waals surface area contributed by atoms with Crippen LogP contribution in [0.1, 0.15) is 24.0 Å². The zero-order valence-corrected chi connectivity index (χ0v) is 14.2.